The van der Waals surface area contributed by atoms with E-state index in [0.29, 0.717) is 48.3 Å². The zero-order valence-corrected chi connectivity index (χ0v) is 21.9. The van der Waals surface area contributed by atoms with Crippen LogP contribution in [-0.2, 0) is 4.79 Å². The number of ether oxygens (including phenoxy) is 2. The summed E-state index contributed by atoms with van der Waals surface area (Å²) >= 11 is 6.19. The van der Waals surface area contributed by atoms with Crippen molar-refractivity contribution in [3.05, 3.63) is 88.4 Å². The highest BCUT2D eigenvalue weighted by molar-refractivity contribution is 6.30. The number of carbonyl (C=O) groups is 2. The Morgan fingerprint density at radius 2 is 1.62 bits per heavy atom. The highest BCUT2D eigenvalue weighted by Gasteiger charge is 2.44. The molecule has 2 aliphatic heterocycles. The fourth-order valence-electron chi connectivity index (χ4n) is 5.45. The molecule has 37 heavy (non-hydrogen) atoms. The van der Waals surface area contributed by atoms with E-state index in [4.69, 9.17) is 21.1 Å². The number of halogens is 1. The summed E-state index contributed by atoms with van der Waals surface area (Å²) in [5.74, 6) is 0.509. The van der Waals surface area contributed by atoms with Gasteiger partial charge in [0, 0.05) is 49.5 Å². The lowest BCUT2D eigenvalue weighted by Crippen LogP contribution is -2.53. The number of hydrogen-bond donors (Lipinski definition) is 0. The lowest BCUT2D eigenvalue weighted by atomic mass is 9.79. The van der Waals surface area contributed by atoms with Crippen molar-refractivity contribution >= 4 is 29.1 Å². The lowest BCUT2D eigenvalue weighted by molar-refractivity contribution is -0.134. The number of benzene rings is 3. The van der Waals surface area contributed by atoms with E-state index in [1.54, 1.807) is 32.2 Å². The molecule has 2 unspecified atom stereocenters. The van der Waals surface area contributed by atoms with Gasteiger partial charge in [-0.3, -0.25) is 9.59 Å². The standard InChI is InChI=1S/C29H30ClN3O4/c1-31-27(19-11-12-24(36-2)25(17-19)37-3)26(22-9-4-5-10-23(22)28(31)34)29(35)33-15-13-32(14-16-33)21-8-6-7-20(30)18-21/h4-12,17-18,26-27H,13-16H2,1-3H3. The molecule has 0 N–H and O–H groups in total. The van der Waals surface area contributed by atoms with Crippen molar-refractivity contribution in [2.24, 2.45) is 0 Å². The molecule has 2 aliphatic rings. The number of carbonyl (C=O) groups excluding carboxylic acids is 2. The molecule has 0 spiro atoms. The quantitative estimate of drug-likeness (QED) is 0.492. The summed E-state index contributed by atoms with van der Waals surface area (Å²) in [6.07, 6.45) is 0. The maximum Gasteiger partial charge on any atom is 0.254 e. The van der Waals surface area contributed by atoms with E-state index >= 15 is 0 Å². The van der Waals surface area contributed by atoms with Crippen molar-refractivity contribution in [1.29, 1.82) is 0 Å². The van der Waals surface area contributed by atoms with Crippen LogP contribution in [0.3, 0.4) is 0 Å². The summed E-state index contributed by atoms with van der Waals surface area (Å²) in [6, 6.07) is 20.3. The molecular formula is C29H30ClN3O4. The van der Waals surface area contributed by atoms with Crippen molar-refractivity contribution in [2.45, 2.75) is 12.0 Å². The van der Waals surface area contributed by atoms with Crippen LogP contribution < -0.4 is 14.4 Å². The predicted molar refractivity (Wildman–Crippen MR) is 144 cm³/mol. The predicted octanol–water partition coefficient (Wildman–Crippen LogP) is 4.62. The normalized spacial score (nSPS) is 19.5. The van der Waals surface area contributed by atoms with Gasteiger partial charge in [0.05, 0.1) is 26.2 Å². The summed E-state index contributed by atoms with van der Waals surface area (Å²) in [4.78, 5) is 33.4. The first kappa shape index (κ1) is 25.0. The second-order valence-electron chi connectivity index (χ2n) is 9.33. The molecule has 2 atom stereocenters. The van der Waals surface area contributed by atoms with E-state index in [1.165, 1.54) is 0 Å². The van der Waals surface area contributed by atoms with Crippen LogP contribution in [0.4, 0.5) is 5.69 Å². The van der Waals surface area contributed by atoms with Crippen molar-refractivity contribution in [3.63, 3.8) is 0 Å². The molecule has 0 aliphatic carbocycles. The topological polar surface area (TPSA) is 62.3 Å². The molecule has 1 fully saturated rings. The van der Waals surface area contributed by atoms with Gasteiger partial charge in [0.25, 0.3) is 5.91 Å². The van der Waals surface area contributed by atoms with Crippen molar-refractivity contribution in [3.8, 4) is 11.5 Å². The molecule has 2 heterocycles. The number of methoxy groups -OCH3 is 2. The first-order chi connectivity index (χ1) is 17.9. The monoisotopic (exact) mass is 519 g/mol. The Bertz CT molecular complexity index is 1320. The van der Waals surface area contributed by atoms with Gasteiger partial charge in [-0.15, -0.1) is 0 Å². The highest BCUT2D eigenvalue weighted by atomic mass is 35.5. The molecule has 192 valence electrons. The van der Waals surface area contributed by atoms with E-state index in [0.717, 1.165) is 16.8 Å². The van der Waals surface area contributed by atoms with E-state index in [1.807, 2.05) is 65.6 Å². The molecule has 3 aromatic carbocycles. The molecule has 5 rings (SSSR count). The van der Waals surface area contributed by atoms with Crippen LogP contribution in [0.1, 0.15) is 33.4 Å². The largest absolute Gasteiger partial charge is 0.493 e. The van der Waals surface area contributed by atoms with Crippen LogP contribution in [0.25, 0.3) is 0 Å². The van der Waals surface area contributed by atoms with Gasteiger partial charge in [-0.2, -0.15) is 0 Å². The Kier molecular flexibility index (Phi) is 6.98. The fourth-order valence-corrected chi connectivity index (χ4v) is 5.63. The van der Waals surface area contributed by atoms with Crippen LogP contribution >= 0.6 is 11.6 Å². The van der Waals surface area contributed by atoms with Crippen LogP contribution in [0.2, 0.25) is 5.02 Å². The summed E-state index contributed by atoms with van der Waals surface area (Å²) < 4.78 is 10.9. The van der Waals surface area contributed by atoms with Gasteiger partial charge in [-0.1, -0.05) is 41.9 Å². The Balaban J connectivity index is 1.48. The Morgan fingerprint density at radius 1 is 0.892 bits per heavy atom. The molecule has 1 saturated heterocycles. The first-order valence-corrected chi connectivity index (χ1v) is 12.7. The SMILES string of the molecule is COc1ccc(C2C(C(=O)N3CCN(c4cccc(Cl)c4)CC3)c3ccccc3C(=O)N2C)cc1OC. The van der Waals surface area contributed by atoms with E-state index in [2.05, 4.69) is 4.90 Å². The van der Waals surface area contributed by atoms with Gasteiger partial charge in [0.1, 0.15) is 0 Å². The second-order valence-corrected chi connectivity index (χ2v) is 9.77. The summed E-state index contributed by atoms with van der Waals surface area (Å²) in [5, 5.41) is 0.695. The zero-order chi connectivity index (χ0) is 26.1. The minimum Gasteiger partial charge on any atom is -0.493 e. The average molecular weight is 520 g/mol. The Hall–Kier alpha value is -3.71. The molecule has 0 aromatic heterocycles. The molecule has 2 amide bonds. The lowest BCUT2D eigenvalue weighted by Gasteiger charge is -2.43. The second kappa shape index (κ2) is 10.3. The Labute approximate surface area is 222 Å². The summed E-state index contributed by atoms with van der Waals surface area (Å²) in [6.45, 7) is 2.58. The Morgan fingerprint density at radius 3 is 2.32 bits per heavy atom. The minimum atomic E-state index is -0.547. The molecular weight excluding hydrogens is 490 g/mol. The van der Waals surface area contributed by atoms with Crippen molar-refractivity contribution < 1.29 is 19.1 Å². The number of amides is 2. The smallest absolute Gasteiger partial charge is 0.254 e. The van der Waals surface area contributed by atoms with E-state index in [-0.39, 0.29) is 11.8 Å². The van der Waals surface area contributed by atoms with Gasteiger partial charge >= 0.3 is 0 Å². The number of likely N-dealkylation sites (N-methyl/N-ethyl adjacent to an activating group) is 1. The third-order valence-corrected chi connectivity index (χ3v) is 7.59. The molecule has 0 radical (unpaired) electrons. The minimum absolute atomic E-state index is 0.0114. The first-order valence-electron chi connectivity index (χ1n) is 12.3. The van der Waals surface area contributed by atoms with Crippen LogP contribution in [0.15, 0.2) is 66.7 Å². The van der Waals surface area contributed by atoms with Gasteiger partial charge in [0.15, 0.2) is 11.5 Å². The van der Waals surface area contributed by atoms with Crippen molar-refractivity contribution in [1.82, 2.24) is 9.80 Å². The van der Waals surface area contributed by atoms with E-state index < -0.39 is 12.0 Å². The number of anilines is 1. The molecule has 8 heteroatoms. The number of piperazine rings is 1. The number of hydrogen-bond acceptors (Lipinski definition) is 5. The highest BCUT2D eigenvalue weighted by Crippen LogP contribution is 2.44. The summed E-state index contributed by atoms with van der Waals surface area (Å²) in [5.41, 5.74) is 3.19. The zero-order valence-electron chi connectivity index (χ0n) is 21.2. The van der Waals surface area contributed by atoms with Gasteiger partial charge in [-0.25, -0.2) is 0 Å². The van der Waals surface area contributed by atoms with Gasteiger partial charge in [0.2, 0.25) is 5.91 Å². The molecule has 0 saturated carbocycles. The fraction of sp³-hybridized carbons (Fsp3) is 0.310. The van der Waals surface area contributed by atoms with E-state index in [9.17, 15) is 9.59 Å². The maximum atomic E-state index is 14.2. The van der Waals surface area contributed by atoms with Crippen LogP contribution in [0.5, 0.6) is 11.5 Å². The number of fused-ring (bicyclic) bond motifs is 1. The molecule has 3 aromatic rings. The third kappa shape index (κ3) is 4.60. The third-order valence-electron chi connectivity index (χ3n) is 7.36. The maximum absolute atomic E-state index is 14.2. The molecule has 7 nitrogen and oxygen atoms in total. The van der Waals surface area contributed by atoms with Gasteiger partial charge in [-0.05, 0) is 47.5 Å². The molecule has 0 bridgehead atoms. The van der Waals surface area contributed by atoms with Crippen LogP contribution in [-0.4, -0.2) is 69.1 Å². The summed E-state index contributed by atoms with van der Waals surface area (Å²) in [7, 11) is 4.92. The van der Waals surface area contributed by atoms with Crippen LogP contribution in [0, 0.1) is 0 Å². The number of rotatable bonds is 5. The van der Waals surface area contributed by atoms with Gasteiger partial charge < -0.3 is 24.2 Å². The van der Waals surface area contributed by atoms with Crippen molar-refractivity contribution in [2.75, 3.05) is 52.3 Å². The number of nitrogens with zero attached hydrogens (tertiary/aromatic N) is 3. The average Bonchev–Trinajstić information content (AvgIpc) is 2.94.